The molecule has 1 aliphatic carbocycles. The number of hydrogen-bond donors (Lipinski definition) is 2. The number of amides is 1. The fourth-order valence-electron chi connectivity index (χ4n) is 3.27. The minimum Gasteiger partial charge on any atom is -0.481 e. The molecular weight excluding hydrogens is 242 g/mol. The van der Waals surface area contributed by atoms with Gasteiger partial charge < -0.3 is 10.4 Å². The highest BCUT2D eigenvalue weighted by atomic mass is 16.4. The lowest BCUT2D eigenvalue weighted by molar-refractivity contribution is -0.139. The van der Waals surface area contributed by atoms with Gasteiger partial charge in [0.15, 0.2) is 0 Å². The molecule has 1 atom stereocenters. The van der Waals surface area contributed by atoms with Crippen LogP contribution < -0.4 is 5.32 Å². The highest BCUT2D eigenvalue weighted by molar-refractivity contribution is 5.80. The highest BCUT2D eigenvalue weighted by Crippen LogP contribution is 2.33. The van der Waals surface area contributed by atoms with Gasteiger partial charge in [-0.2, -0.15) is 0 Å². The van der Waals surface area contributed by atoms with Crippen LogP contribution in [0.3, 0.4) is 0 Å². The van der Waals surface area contributed by atoms with Crippen molar-refractivity contribution >= 4 is 11.9 Å². The van der Waals surface area contributed by atoms with Crippen LogP contribution in [0.25, 0.3) is 0 Å². The first-order valence-corrected chi connectivity index (χ1v) is 7.48. The van der Waals surface area contributed by atoms with Crippen LogP contribution in [0.5, 0.6) is 0 Å². The lowest BCUT2D eigenvalue weighted by atomic mass is 9.86. The fourth-order valence-corrected chi connectivity index (χ4v) is 3.27. The Morgan fingerprint density at radius 2 is 1.74 bits per heavy atom. The number of nitrogens with one attached hydrogen (secondary N) is 1. The Balaban J connectivity index is 2.68. The molecule has 110 valence electrons. The van der Waals surface area contributed by atoms with Gasteiger partial charge in [0.25, 0.3) is 0 Å². The zero-order chi connectivity index (χ0) is 14.5. The van der Waals surface area contributed by atoms with E-state index in [0.29, 0.717) is 5.92 Å². The Kier molecular flexibility index (Phi) is 5.83. The van der Waals surface area contributed by atoms with Gasteiger partial charge in [0.05, 0.1) is 12.0 Å². The van der Waals surface area contributed by atoms with E-state index in [2.05, 4.69) is 19.2 Å². The third-order valence-corrected chi connectivity index (χ3v) is 4.61. The van der Waals surface area contributed by atoms with Crippen molar-refractivity contribution in [1.29, 1.82) is 0 Å². The van der Waals surface area contributed by atoms with Crippen molar-refractivity contribution in [2.24, 2.45) is 11.8 Å². The normalized spacial score (nSPS) is 19.4. The lowest BCUT2D eigenvalue weighted by Gasteiger charge is -2.31. The smallest absolute Gasteiger partial charge is 0.305 e. The highest BCUT2D eigenvalue weighted by Gasteiger charge is 2.38. The topological polar surface area (TPSA) is 66.4 Å². The van der Waals surface area contributed by atoms with E-state index in [9.17, 15) is 9.59 Å². The number of carboxylic acid groups (broad SMARTS) is 1. The molecule has 0 radical (unpaired) electrons. The SMILES string of the molecule is CCC(CC)C(C)C(=O)NC1(CC(=O)O)CCCC1. The number of carboxylic acids is 1. The first-order valence-electron chi connectivity index (χ1n) is 7.48. The molecule has 0 spiro atoms. The third-order valence-electron chi connectivity index (χ3n) is 4.61. The van der Waals surface area contributed by atoms with Crippen molar-refractivity contribution in [3.05, 3.63) is 0 Å². The summed E-state index contributed by atoms with van der Waals surface area (Å²) in [5, 5.41) is 12.1. The molecule has 1 unspecified atom stereocenters. The second-order valence-electron chi connectivity index (χ2n) is 5.91. The molecule has 0 aromatic heterocycles. The summed E-state index contributed by atoms with van der Waals surface area (Å²) < 4.78 is 0. The molecule has 0 bridgehead atoms. The van der Waals surface area contributed by atoms with Gasteiger partial charge in [-0.3, -0.25) is 9.59 Å². The molecule has 1 aliphatic rings. The van der Waals surface area contributed by atoms with Crippen LogP contribution in [0.2, 0.25) is 0 Å². The summed E-state index contributed by atoms with van der Waals surface area (Å²) in [6.45, 7) is 6.15. The van der Waals surface area contributed by atoms with Gasteiger partial charge in [0.2, 0.25) is 5.91 Å². The monoisotopic (exact) mass is 269 g/mol. The molecule has 1 fully saturated rings. The number of rotatable bonds is 7. The van der Waals surface area contributed by atoms with Crippen molar-refractivity contribution < 1.29 is 14.7 Å². The molecule has 0 aromatic rings. The van der Waals surface area contributed by atoms with Gasteiger partial charge >= 0.3 is 5.97 Å². The van der Waals surface area contributed by atoms with Gasteiger partial charge in [0, 0.05) is 5.92 Å². The Hall–Kier alpha value is -1.06. The average molecular weight is 269 g/mol. The summed E-state index contributed by atoms with van der Waals surface area (Å²) in [6, 6.07) is 0. The second kappa shape index (κ2) is 6.92. The minimum absolute atomic E-state index is 0.0249. The van der Waals surface area contributed by atoms with Gasteiger partial charge in [0.1, 0.15) is 0 Å². The molecule has 0 saturated heterocycles. The summed E-state index contributed by atoms with van der Waals surface area (Å²) in [5.74, 6) is -0.459. The first-order chi connectivity index (χ1) is 8.94. The number of carbonyl (C=O) groups is 2. The largest absolute Gasteiger partial charge is 0.481 e. The third kappa shape index (κ3) is 4.22. The van der Waals surface area contributed by atoms with E-state index in [-0.39, 0.29) is 18.2 Å². The maximum atomic E-state index is 12.3. The maximum absolute atomic E-state index is 12.3. The number of hydrogen-bond acceptors (Lipinski definition) is 2. The molecule has 0 aliphatic heterocycles. The molecule has 1 saturated carbocycles. The fraction of sp³-hybridized carbons (Fsp3) is 0.867. The molecule has 4 heteroatoms. The van der Waals surface area contributed by atoms with Crippen LogP contribution in [0.4, 0.5) is 0 Å². The predicted molar refractivity (Wildman–Crippen MR) is 74.8 cm³/mol. The first kappa shape index (κ1) is 16.0. The molecule has 4 nitrogen and oxygen atoms in total. The summed E-state index contributed by atoms with van der Waals surface area (Å²) in [6.07, 6.45) is 5.61. The molecular formula is C15H27NO3. The standard InChI is InChI=1S/C15H27NO3/c1-4-12(5-2)11(3)14(19)16-15(10-13(17)18)8-6-7-9-15/h11-12H,4-10H2,1-3H3,(H,16,19)(H,17,18). The summed E-state index contributed by atoms with van der Waals surface area (Å²) in [5.41, 5.74) is -0.497. The van der Waals surface area contributed by atoms with Crippen LogP contribution in [0.1, 0.15) is 65.7 Å². The van der Waals surface area contributed by atoms with Gasteiger partial charge in [-0.15, -0.1) is 0 Å². The molecule has 0 heterocycles. The van der Waals surface area contributed by atoms with Crippen molar-refractivity contribution in [2.45, 2.75) is 71.3 Å². The van der Waals surface area contributed by atoms with Crippen LogP contribution in [0, 0.1) is 11.8 Å². The maximum Gasteiger partial charge on any atom is 0.305 e. The van der Waals surface area contributed by atoms with E-state index in [4.69, 9.17) is 5.11 Å². The quantitative estimate of drug-likeness (QED) is 0.746. The van der Waals surface area contributed by atoms with Crippen LogP contribution in [0.15, 0.2) is 0 Å². The van der Waals surface area contributed by atoms with Crippen LogP contribution in [-0.4, -0.2) is 22.5 Å². The van der Waals surface area contributed by atoms with Crippen molar-refractivity contribution in [2.75, 3.05) is 0 Å². The summed E-state index contributed by atoms with van der Waals surface area (Å²) in [4.78, 5) is 23.3. The second-order valence-corrected chi connectivity index (χ2v) is 5.91. The molecule has 1 rings (SSSR count). The van der Waals surface area contributed by atoms with E-state index in [0.717, 1.165) is 38.5 Å². The van der Waals surface area contributed by atoms with E-state index >= 15 is 0 Å². The molecule has 0 aromatic carbocycles. The zero-order valence-corrected chi connectivity index (χ0v) is 12.4. The molecule has 2 N–H and O–H groups in total. The Bertz CT molecular complexity index is 317. The number of aliphatic carboxylic acids is 1. The van der Waals surface area contributed by atoms with Crippen molar-refractivity contribution in [1.82, 2.24) is 5.32 Å². The van der Waals surface area contributed by atoms with Crippen molar-refractivity contribution in [3.8, 4) is 0 Å². The number of carbonyl (C=O) groups excluding carboxylic acids is 1. The molecule has 19 heavy (non-hydrogen) atoms. The van der Waals surface area contributed by atoms with E-state index < -0.39 is 11.5 Å². The van der Waals surface area contributed by atoms with E-state index in [1.54, 1.807) is 0 Å². The Morgan fingerprint density at radius 3 is 2.16 bits per heavy atom. The predicted octanol–water partition coefficient (Wildman–Crippen LogP) is 2.96. The molecule has 1 amide bonds. The summed E-state index contributed by atoms with van der Waals surface area (Å²) in [7, 11) is 0. The van der Waals surface area contributed by atoms with Gasteiger partial charge in [-0.1, -0.05) is 46.5 Å². The van der Waals surface area contributed by atoms with Crippen molar-refractivity contribution in [3.63, 3.8) is 0 Å². The van der Waals surface area contributed by atoms with E-state index in [1.165, 1.54) is 0 Å². The minimum atomic E-state index is -0.822. The van der Waals surface area contributed by atoms with Crippen LogP contribution in [-0.2, 0) is 9.59 Å². The Labute approximate surface area is 116 Å². The lowest BCUT2D eigenvalue weighted by Crippen LogP contribution is -2.50. The van der Waals surface area contributed by atoms with E-state index in [1.807, 2.05) is 6.92 Å². The Morgan fingerprint density at radius 1 is 1.21 bits per heavy atom. The average Bonchev–Trinajstić information content (AvgIpc) is 2.77. The van der Waals surface area contributed by atoms with Crippen LogP contribution >= 0.6 is 0 Å². The van der Waals surface area contributed by atoms with Gasteiger partial charge in [-0.25, -0.2) is 0 Å². The van der Waals surface area contributed by atoms with Gasteiger partial charge in [-0.05, 0) is 18.8 Å². The zero-order valence-electron chi connectivity index (χ0n) is 12.4. The summed E-state index contributed by atoms with van der Waals surface area (Å²) >= 11 is 0.